The second kappa shape index (κ2) is 4.80. The number of carbonyl (C=O) groups is 1. The maximum Gasteiger partial charge on any atom is 0.280 e. The molecule has 0 aliphatic rings. The molecule has 1 aromatic rings. The van der Waals surface area contributed by atoms with E-state index in [0.29, 0.717) is 0 Å². The number of carbonyl (C=O) groups excluding carboxylic acids is 1. The molecule has 0 saturated carbocycles. The molecule has 0 aromatic carbocycles. The Bertz CT molecular complexity index is 429. The van der Waals surface area contributed by atoms with Crippen molar-refractivity contribution in [2.75, 3.05) is 0 Å². The molecule has 0 spiro atoms. The second-order valence-electron chi connectivity index (χ2n) is 2.63. The van der Waals surface area contributed by atoms with E-state index in [9.17, 15) is 13.6 Å². The Kier molecular flexibility index (Phi) is 3.69. The van der Waals surface area contributed by atoms with Crippen molar-refractivity contribution in [3.8, 4) is 6.07 Å². The minimum absolute atomic E-state index is 0.0509. The van der Waals surface area contributed by atoms with Gasteiger partial charge in [0.15, 0.2) is 6.29 Å². The third-order valence-corrected chi connectivity index (χ3v) is 2.04. The number of nitrogens with zero attached hydrogens (tertiary/aromatic N) is 2. The first-order valence-electron chi connectivity index (χ1n) is 3.87. The molecule has 0 fully saturated rings. The fraction of sp³-hybridized carbons (Fsp3) is 0.222. The Morgan fingerprint density at radius 1 is 1.67 bits per heavy atom. The van der Waals surface area contributed by atoms with E-state index in [1.807, 2.05) is 0 Å². The zero-order valence-electron chi connectivity index (χ0n) is 7.38. The summed E-state index contributed by atoms with van der Waals surface area (Å²) in [7, 11) is 0. The number of rotatable bonds is 3. The SMILES string of the molecule is N#Cc1cc(CCl)c(C(F)F)nc1C=O. The highest BCUT2D eigenvalue weighted by Gasteiger charge is 2.17. The van der Waals surface area contributed by atoms with Gasteiger partial charge in [0, 0.05) is 5.88 Å². The molecule has 78 valence electrons. The zero-order chi connectivity index (χ0) is 11.4. The van der Waals surface area contributed by atoms with Crippen molar-refractivity contribution in [1.82, 2.24) is 4.98 Å². The molecule has 3 nitrogen and oxygen atoms in total. The fourth-order valence-electron chi connectivity index (χ4n) is 1.06. The van der Waals surface area contributed by atoms with E-state index in [0.717, 1.165) is 6.07 Å². The number of nitriles is 1. The van der Waals surface area contributed by atoms with Crippen LogP contribution in [0.5, 0.6) is 0 Å². The molecule has 0 N–H and O–H groups in total. The summed E-state index contributed by atoms with van der Waals surface area (Å²) in [6, 6.07) is 2.85. The number of alkyl halides is 3. The van der Waals surface area contributed by atoms with Crippen LogP contribution in [0.1, 0.15) is 33.7 Å². The van der Waals surface area contributed by atoms with E-state index in [2.05, 4.69) is 4.98 Å². The molecule has 15 heavy (non-hydrogen) atoms. The zero-order valence-corrected chi connectivity index (χ0v) is 8.13. The molecule has 0 atom stereocenters. The van der Waals surface area contributed by atoms with Gasteiger partial charge in [-0.1, -0.05) is 0 Å². The lowest BCUT2D eigenvalue weighted by atomic mass is 10.1. The Labute approximate surface area is 89.3 Å². The van der Waals surface area contributed by atoms with Gasteiger partial charge in [-0.05, 0) is 11.6 Å². The van der Waals surface area contributed by atoms with E-state index in [4.69, 9.17) is 16.9 Å². The topological polar surface area (TPSA) is 53.8 Å². The summed E-state index contributed by atoms with van der Waals surface area (Å²) in [6.45, 7) is 0. The van der Waals surface area contributed by atoms with Crippen molar-refractivity contribution in [1.29, 1.82) is 5.26 Å². The molecular weight excluding hydrogens is 226 g/mol. The molecule has 1 aromatic heterocycles. The molecule has 0 radical (unpaired) electrons. The van der Waals surface area contributed by atoms with Crippen LogP contribution in [0.15, 0.2) is 6.07 Å². The van der Waals surface area contributed by atoms with E-state index in [1.165, 1.54) is 0 Å². The molecular formula is C9H5ClF2N2O. The molecule has 1 heterocycles. The first-order chi connectivity index (χ1) is 7.13. The molecule has 0 unspecified atom stereocenters. The molecule has 0 aliphatic heterocycles. The van der Waals surface area contributed by atoms with Gasteiger partial charge in [-0.25, -0.2) is 13.8 Å². The normalized spacial score (nSPS) is 10.1. The molecule has 0 aliphatic carbocycles. The average molecular weight is 231 g/mol. The van der Waals surface area contributed by atoms with E-state index < -0.39 is 12.1 Å². The smallest absolute Gasteiger partial charge is 0.280 e. The van der Waals surface area contributed by atoms with Gasteiger partial charge in [0.1, 0.15) is 17.5 Å². The quantitative estimate of drug-likeness (QED) is 0.592. The monoisotopic (exact) mass is 230 g/mol. The predicted molar refractivity (Wildman–Crippen MR) is 48.9 cm³/mol. The Hall–Kier alpha value is -1.54. The summed E-state index contributed by atoms with van der Waals surface area (Å²) in [5.74, 6) is -0.180. The van der Waals surface area contributed by atoms with Crippen LogP contribution in [0.2, 0.25) is 0 Å². The third-order valence-electron chi connectivity index (χ3n) is 1.75. The van der Waals surface area contributed by atoms with Gasteiger partial charge in [0.2, 0.25) is 0 Å². The van der Waals surface area contributed by atoms with Crippen LogP contribution < -0.4 is 0 Å². The number of aldehydes is 1. The number of pyridine rings is 1. The van der Waals surface area contributed by atoms with Crippen LogP contribution in [0.4, 0.5) is 8.78 Å². The van der Waals surface area contributed by atoms with Crippen molar-refractivity contribution < 1.29 is 13.6 Å². The van der Waals surface area contributed by atoms with Gasteiger partial charge in [-0.15, -0.1) is 11.6 Å². The number of aromatic nitrogens is 1. The fourth-order valence-corrected chi connectivity index (χ4v) is 1.27. The highest BCUT2D eigenvalue weighted by molar-refractivity contribution is 6.17. The summed E-state index contributed by atoms with van der Waals surface area (Å²) in [5, 5.41) is 8.62. The molecule has 0 bridgehead atoms. The number of hydrogen-bond donors (Lipinski definition) is 0. The largest absolute Gasteiger partial charge is 0.296 e. The van der Waals surface area contributed by atoms with Gasteiger partial charge in [0.05, 0.1) is 5.56 Å². The van der Waals surface area contributed by atoms with Crippen LogP contribution in [0.3, 0.4) is 0 Å². The predicted octanol–water partition coefficient (Wildman–Crippen LogP) is 2.44. The van der Waals surface area contributed by atoms with E-state index in [-0.39, 0.29) is 29.0 Å². The summed E-state index contributed by atoms with van der Waals surface area (Å²) in [4.78, 5) is 13.9. The maximum atomic E-state index is 12.4. The van der Waals surface area contributed by atoms with Crippen LogP contribution in [0, 0.1) is 11.3 Å². The van der Waals surface area contributed by atoms with Crippen molar-refractivity contribution in [2.45, 2.75) is 12.3 Å². The van der Waals surface area contributed by atoms with Crippen molar-refractivity contribution in [3.05, 3.63) is 28.6 Å². The van der Waals surface area contributed by atoms with Crippen LogP contribution in [-0.4, -0.2) is 11.3 Å². The lowest BCUT2D eigenvalue weighted by Gasteiger charge is -2.06. The lowest BCUT2D eigenvalue weighted by molar-refractivity contribution is 0.111. The van der Waals surface area contributed by atoms with Gasteiger partial charge in [0.25, 0.3) is 6.43 Å². The van der Waals surface area contributed by atoms with Gasteiger partial charge in [-0.3, -0.25) is 4.79 Å². The van der Waals surface area contributed by atoms with Crippen molar-refractivity contribution in [3.63, 3.8) is 0 Å². The average Bonchev–Trinajstić information content (AvgIpc) is 2.26. The minimum Gasteiger partial charge on any atom is -0.296 e. The van der Waals surface area contributed by atoms with Crippen LogP contribution in [0.25, 0.3) is 0 Å². The standard InChI is InChI=1S/C9H5ClF2N2O/c10-2-5-1-6(3-13)7(4-15)14-8(5)9(11)12/h1,4,9H,2H2. The summed E-state index contributed by atoms with van der Waals surface area (Å²) in [5.41, 5.74) is -0.827. The third kappa shape index (κ3) is 2.28. The number of halogens is 3. The van der Waals surface area contributed by atoms with Gasteiger partial charge >= 0.3 is 0 Å². The molecule has 1 rings (SSSR count). The Morgan fingerprint density at radius 3 is 2.73 bits per heavy atom. The minimum atomic E-state index is -2.81. The number of hydrogen-bond acceptors (Lipinski definition) is 3. The lowest BCUT2D eigenvalue weighted by Crippen LogP contribution is -2.03. The van der Waals surface area contributed by atoms with E-state index in [1.54, 1.807) is 6.07 Å². The summed E-state index contributed by atoms with van der Waals surface area (Å²) in [6.07, 6.45) is -2.55. The van der Waals surface area contributed by atoms with Crippen LogP contribution in [-0.2, 0) is 5.88 Å². The van der Waals surface area contributed by atoms with Gasteiger partial charge < -0.3 is 0 Å². The Morgan fingerprint density at radius 2 is 2.33 bits per heavy atom. The highest BCUT2D eigenvalue weighted by atomic mass is 35.5. The Balaban J connectivity index is 3.42. The maximum absolute atomic E-state index is 12.4. The highest BCUT2D eigenvalue weighted by Crippen LogP contribution is 2.24. The van der Waals surface area contributed by atoms with Gasteiger partial charge in [-0.2, -0.15) is 5.26 Å². The second-order valence-corrected chi connectivity index (χ2v) is 2.90. The van der Waals surface area contributed by atoms with Crippen LogP contribution >= 0.6 is 11.6 Å². The van der Waals surface area contributed by atoms with Crippen molar-refractivity contribution >= 4 is 17.9 Å². The molecule has 0 amide bonds. The molecule has 0 saturated heterocycles. The first-order valence-corrected chi connectivity index (χ1v) is 4.40. The molecule has 6 heteroatoms. The first kappa shape index (κ1) is 11.5. The van der Waals surface area contributed by atoms with E-state index >= 15 is 0 Å². The summed E-state index contributed by atoms with van der Waals surface area (Å²) < 4.78 is 24.9. The van der Waals surface area contributed by atoms with Crippen molar-refractivity contribution in [2.24, 2.45) is 0 Å². The summed E-state index contributed by atoms with van der Waals surface area (Å²) >= 11 is 5.43.